The summed E-state index contributed by atoms with van der Waals surface area (Å²) in [5.41, 5.74) is 8.15. The molecule has 1 aliphatic carbocycles. The monoisotopic (exact) mass is 590 g/mol. The van der Waals surface area contributed by atoms with Gasteiger partial charge in [-0.05, 0) is 40.3 Å². The fourth-order valence-electron chi connectivity index (χ4n) is 5.00. The third-order valence-electron chi connectivity index (χ3n) is 6.99. The lowest BCUT2D eigenvalue weighted by Crippen LogP contribution is -2.46. The van der Waals surface area contributed by atoms with Gasteiger partial charge >= 0.3 is 12.1 Å². The number of nitrogens with one attached hydrogen (secondary N) is 2. The Morgan fingerprint density at radius 2 is 1.59 bits per heavy atom. The van der Waals surface area contributed by atoms with Crippen LogP contribution in [0.2, 0.25) is 10.2 Å². The Hall–Kier alpha value is -4.27. The van der Waals surface area contributed by atoms with Gasteiger partial charge in [0.05, 0.1) is 17.6 Å². The summed E-state index contributed by atoms with van der Waals surface area (Å²) in [6.45, 7) is 2.31. The summed E-state index contributed by atoms with van der Waals surface area (Å²) in [4.78, 5) is 29.7. The van der Waals surface area contributed by atoms with E-state index in [1.807, 2.05) is 61.5 Å². The van der Waals surface area contributed by atoms with Crippen molar-refractivity contribution in [2.45, 2.75) is 31.8 Å². The molecule has 4 aromatic rings. The third-order valence-corrected chi connectivity index (χ3v) is 7.55. The van der Waals surface area contributed by atoms with Crippen molar-refractivity contribution in [1.82, 2.24) is 9.99 Å². The van der Waals surface area contributed by atoms with Crippen molar-refractivity contribution in [3.8, 4) is 11.1 Å². The number of ether oxygens (including phenoxy) is 1. The van der Waals surface area contributed by atoms with Crippen LogP contribution in [0.1, 0.15) is 46.4 Å². The quantitative estimate of drug-likeness (QED) is 0.144. The molecule has 0 radical (unpaired) electrons. The van der Waals surface area contributed by atoms with Gasteiger partial charge < -0.3 is 15.2 Å². The number of carbonyl (C=O) groups is 2. The molecule has 0 fully saturated rings. The molecule has 1 aliphatic rings. The number of nitrogens with zero attached hydrogens (tertiary/aromatic N) is 2. The number of halogens is 2. The minimum atomic E-state index is -1.27. The summed E-state index contributed by atoms with van der Waals surface area (Å²) in [5.74, 6) is -1.06. The molecule has 5 rings (SSSR count). The van der Waals surface area contributed by atoms with Crippen molar-refractivity contribution in [2.24, 2.45) is 4.99 Å². The zero-order valence-electron chi connectivity index (χ0n) is 22.2. The summed E-state index contributed by atoms with van der Waals surface area (Å²) < 4.78 is 6.88. The average Bonchev–Trinajstić information content (AvgIpc) is 3.45. The lowest BCUT2D eigenvalue weighted by Gasteiger charge is -2.23. The van der Waals surface area contributed by atoms with Crippen molar-refractivity contribution in [3.05, 3.63) is 117 Å². The fraction of sp³-hybridized carbons (Fsp3) is 0.194. The second-order valence-corrected chi connectivity index (χ2v) is 10.3. The minimum Gasteiger partial charge on any atom is -0.476 e. The Balaban J connectivity index is 1.35. The first-order chi connectivity index (χ1) is 19.9. The van der Waals surface area contributed by atoms with Gasteiger partial charge in [-0.2, -0.15) is 0 Å². The number of carboxylic acid groups (broad SMARTS) is 1. The van der Waals surface area contributed by atoms with Crippen molar-refractivity contribution in [2.75, 3.05) is 12.0 Å². The van der Waals surface area contributed by atoms with Crippen LogP contribution in [0.15, 0.2) is 89.9 Å². The van der Waals surface area contributed by atoms with E-state index in [9.17, 15) is 14.7 Å². The summed E-state index contributed by atoms with van der Waals surface area (Å²) >= 11 is 12.4. The number of alkyl carbamates (subject to hydrolysis) is 1. The van der Waals surface area contributed by atoms with Crippen molar-refractivity contribution < 1.29 is 19.4 Å². The van der Waals surface area contributed by atoms with Crippen LogP contribution in [-0.4, -0.2) is 40.3 Å². The number of rotatable bonds is 9. The maximum Gasteiger partial charge on any atom is 0.407 e. The predicted molar refractivity (Wildman–Crippen MR) is 161 cm³/mol. The van der Waals surface area contributed by atoms with Crippen molar-refractivity contribution in [3.63, 3.8) is 0 Å². The second kappa shape index (κ2) is 12.5. The normalized spacial score (nSPS) is 13.3. The summed E-state index contributed by atoms with van der Waals surface area (Å²) in [7, 11) is 0. The first kappa shape index (κ1) is 28.3. The summed E-state index contributed by atoms with van der Waals surface area (Å²) in [5, 5.41) is 12.6. The Labute approximate surface area is 247 Å². The number of benzene rings is 3. The van der Waals surface area contributed by atoms with Gasteiger partial charge in [0.1, 0.15) is 17.6 Å². The van der Waals surface area contributed by atoms with Crippen molar-refractivity contribution >= 4 is 41.1 Å². The Bertz CT molecular complexity index is 1560. The molecule has 10 heteroatoms. The minimum absolute atomic E-state index is 0.0325. The maximum absolute atomic E-state index is 13.1. The van der Waals surface area contributed by atoms with Crippen LogP contribution >= 0.6 is 23.2 Å². The number of carbonyl (C=O) groups excluding carboxylic acids is 1. The van der Waals surface area contributed by atoms with Crippen LogP contribution in [0.3, 0.4) is 0 Å². The summed E-state index contributed by atoms with van der Waals surface area (Å²) in [6, 6.07) is 26.5. The number of aromatic nitrogens is 1. The van der Waals surface area contributed by atoms with Crippen molar-refractivity contribution in [1.29, 1.82) is 0 Å². The largest absolute Gasteiger partial charge is 0.476 e. The molecule has 210 valence electrons. The molecule has 0 saturated carbocycles. The van der Waals surface area contributed by atoms with E-state index in [0.717, 1.165) is 32.5 Å². The number of aliphatic imine (C=N–C) groups is 1. The molecule has 41 heavy (non-hydrogen) atoms. The molecule has 0 aliphatic heterocycles. The highest BCUT2D eigenvalue weighted by molar-refractivity contribution is 6.37. The third kappa shape index (κ3) is 6.09. The maximum atomic E-state index is 13.1. The van der Waals surface area contributed by atoms with Gasteiger partial charge in [0, 0.05) is 5.92 Å². The smallest absolute Gasteiger partial charge is 0.407 e. The SMILES string of the molecule is CCC(NC(=O)OCC1c2ccccc2-c2ccccc21)C(=NCc1ccccc1)Nn1c(Cl)cc(Cl)c1C(=O)O. The second-order valence-electron chi connectivity index (χ2n) is 9.53. The van der Waals surface area contributed by atoms with Crippen LogP contribution in [0.5, 0.6) is 0 Å². The van der Waals surface area contributed by atoms with Crippen LogP contribution in [-0.2, 0) is 11.3 Å². The molecule has 1 atom stereocenters. The van der Waals surface area contributed by atoms with E-state index < -0.39 is 18.1 Å². The van der Waals surface area contributed by atoms with Crippen LogP contribution < -0.4 is 10.7 Å². The van der Waals surface area contributed by atoms with E-state index in [1.54, 1.807) is 0 Å². The van der Waals surface area contributed by atoms with E-state index in [4.69, 9.17) is 27.9 Å². The Morgan fingerprint density at radius 1 is 0.976 bits per heavy atom. The highest BCUT2D eigenvalue weighted by Crippen LogP contribution is 2.44. The number of amides is 1. The molecule has 1 amide bonds. The molecular weight excluding hydrogens is 563 g/mol. The molecule has 3 aromatic carbocycles. The fourth-order valence-corrected chi connectivity index (χ4v) is 5.56. The first-order valence-electron chi connectivity index (χ1n) is 13.1. The lowest BCUT2D eigenvalue weighted by molar-refractivity contribution is 0.0687. The average molecular weight is 591 g/mol. The predicted octanol–water partition coefficient (Wildman–Crippen LogP) is 6.95. The molecule has 0 bridgehead atoms. The molecule has 0 saturated heterocycles. The molecule has 1 unspecified atom stereocenters. The molecule has 0 spiro atoms. The van der Waals surface area contributed by atoms with Gasteiger partial charge in [-0.1, -0.05) is 109 Å². The number of amidine groups is 1. The van der Waals surface area contributed by atoms with E-state index in [2.05, 4.69) is 40.0 Å². The van der Waals surface area contributed by atoms with Gasteiger partial charge in [0.2, 0.25) is 0 Å². The number of aromatic carboxylic acids is 1. The van der Waals surface area contributed by atoms with E-state index in [-0.39, 0.29) is 34.9 Å². The number of fused-ring (bicyclic) bond motifs is 3. The molecule has 1 heterocycles. The molecule has 8 nitrogen and oxygen atoms in total. The highest BCUT2D eigenvalue weighted by atomic mass is 35.5. The van der Waals surface area contributed by atoms with Crippen LogP contribution in [0, 0.1) is 0 Å². The number of hydrogen-bond acceptors (Lipinski definition) is 4. The van der Waals surface area contributed by atoms with Crippen LogP contribution in [0.4, 0.5) is 4.79 Å². The summed E-state index contributed by atoms with van der Waals surface area (Å²) in [6.07, 6.45) is -0.192. The molecule has 3 N–H and O–H groups in total. The highest BCUT2D eigenvalue weighted by Gasteiger charge is 2.30. The topological polar surface area (TPSA) is 105 Å². The molecular formula is C31H28Cl2N4O4. The molecule has 1 aromatic heterocycles. The zero-order chi connectivity index (χ0) is 28.9. The van der Waals surface area contributed by atoms with Gasteiger partial charge in [-0.15, -0.1) is 0 Å². The van der Waals surface area contributed by atoms with Gasteiger partial charge in [0.25, 0.3) is 0 Å². The Kier molecular flexibility index (Phi) is 8.61. The van der Waals surface area contributed by atoms with E-state index in [0.29, 0.717) is 12.3 Å². The standard InChI is InChI=1S/C31H28Cl2N4O4/c1-2-26(35-31(40)41-18-24-22-14-8-6-12-20(22)21-13-7-9-15-23(21)24)29(34-17-19-10-4-3-5-11-19)36-37-27(33)16-25(32)28(37)30(38)39/h3-16,24,26H,2,17-18H2,1H3,(H,34,36)(H,35,40)(H,38,39). The van der Waals surface area contributed by atoms with Gasteiger partial charge in [-0.3, -0.25) is 10.4 Å². The van der Waals surface area contributed by atoms with E-state index >= 15 is 0 Å². The van der Waals surface area contributed by atoms with Gasteiger partial charge in [-0.25, -0.2) is 14.3 Å². The van der Waals surface area contributed by atoms with Crippen LogP contribution in [0.25, 0.3) is 11.1 Å². The lowest BCUT2D eigenvalue weighted by atomic mass is 9.98. The van der Waals surface area contributed by atoms with E-state index in [1.165, 1.54) is 6.07 Å². The van der Waals surface area contributed by atoms with Gasteiger partial charge in [0.15, 0.2) is 5.69 Å². The Morgan fingerprint density at radius 3 is 2.20 bits per heavy atom. The first-order valence-corrected chi connectivity index (χ1v) is 13.9. The number of carboxylic acids is 1. The number of hydrogen-bond donors (Lipinski definition) is 3. The zero-order valence-corrected chi connectivity index (χ0v) is 23.7.